The van der Waals surface area contributed by atoms with E-state index in [4.69, 9.17) is 22.4 Å². The molecule has 1 rings (SSSR count). The molecule has 18 heavy (non-hydrogen) atoms. The van der Waals surface area contributed by atoms with Crippen molar-refractivity contribution in [1.29, 1.82) is 0 Å². The zero-order chi connectivity index (χ0) is 13.7. The van der Waals surface area contributed by atoms with E-state index in [1.807, 2.05) is 0 Å². The van der Waals surface area contributed by atoms with Gasteiger partial charge >= 0.3 is 5.97 Å². The normalized spacial score (nSPS) is 11.9. The first-order valence-corrected chi connectivity index (χ1v) is 6.30. The van der Waals surface area contributed by atoms with E-state index < -0.39 is 17.9 Å². The number of aliphatic carboxylic acids is 1. The van der Waals surface area contributed by atoms with Crippen LogP contribution >= 0.6 is 27.5 Å². The Hall–Kier alpha value is -1.11. The van der Waals surface area contributed by atoms with Gasteiger partial charge in [0.05, 0.1) is 16.8 Å². The minimum atomic E-state index is -0.987. The third-order valence-electron chi connectivity index (χ3n) is 2.19. The summed E-state index contributed by atoms with van der Waals surface area (Å²) in [7, 11) is 0. The second kappa shape index (κ2) is 6.72. The first-order valence-electron chi connectivity index (χ1n) is 5.13. The lowest BCUT2D eigenvalue weighted by Crippen LogP contribution is -2.36. The summed E-state index contributed by atoms with van der Waals surface area (Å²) in [6.45, 7) is 0. The highest BCUT2D eigenvalue weighted by atomic mass is 79.9. The van der Waals surface area contributed by atoms with E-state index in [0.29, 0.717) is 10.7 Å². The number of carbonyl (C=O) groups excluding carboxylic acids is 1. The van der Waals surface area contributed by atoms with Crippen LogP contribution in [0, 0.1) is 0 Å². The van der Waals surface area contributed by atoms with Crippen molar-refractivity contribution in [2.45, 2.75) is 18.9 Å². The van der Waals surface area contributed by atoms with Crippen molar-refractivity contribution in [3.05, 3.63) is 27.7 Å². The van der Waals surface area contributed by atoms with Gasteiger partial charge in [-0.2, -0.15) is 0 Å². The Kier molecular flexibility index (Phi) is 5.58. The Bertz CT molecular complexity index is 468. The molecule has 1 amide bonds. The third kappa shape index (κ3) is 4.64. The highest BCUT2D eigenvalue weighted by Gasteiger charge is 2.16. The molecule has 0 saturated heterocycles. The number of carbonyl (C=O) groups is 2. The van der Waals surface area contributed by atoms with Crippen molar-refractivity contribution in [2.24, 2.45) is 5.73 Å². The largest absolute Gasteiger partial charge is 0.481 e. The molecule has 0 aromatic heterocycles. The van der Waals surface area contributed by atoms with Gasteiger partial charge in [-0.25, -0.2) is 0 Å². The topological polar surface area (TPSA) is 92.4 Å². The van der Waals surface area contributed by atoms with Gasteiger partial charge in [0.1, 0.15) is 0 Å². The van der Waals surface area contributed by atoms with Crippen molar-refractivity contribution in [3.63, 3.8) is 0 Å². The number of benzene rings is 1. The zero-order valence-electron chi connectivity index (χ0n) is 9.32. The number of nitrogens with one attached hydrogen (secondary N) is 1. The molecule has 0 bridgehead atoms. The summed E-state index contributed by atoms with van der Waals surface area (Å²) in [5.74, 6) is -1.45. The molecule has 0 saturated carbocycles. The van der Waals surface area contributed by atoms with Crippen molar-refractivity contribution in [3.8, 4) is 0 Å². The number of nitrogens with two attached hydrogens (primary N) is 1. The number of amides is 1. The molecular weight excluding hydrogens is 323 g/mol. The Balaban J connectivity index is 2.63. The van der Waals surface area contributed by atoms with Gasteiger partial charge in [-0.1, -0.05) is 27.5 Å². The number of carboxylic acid groups (broad SMARTS) is 1. The Labute approximate surface area is 117 Å². The Morgan fingerprint density at radius 3 is 2.78 bits per heavy atom. The SMILES string of the molecule is NC(CCC(=O)O)C(=O)Nc1cc(Br)ccc1Cl. The zero-order valence-corrected chi connectivity index (χ0v) is 11.7. The summed E-state index contributed by atoms with van der Waals surface area (Å²) in [5, 5.41) is 11.4. The van der Waals surface area contributed by atoms with Crippen molar-refractivity contribution in [1.82, 2.24) is 0 Å². The van der Waals surface area contributed by atoms with Gasteiger partial charge in [0.2, 0.25) is 5.91 Å². The van der Waals surface area contributed by atoms with E-state index >= 15 is 0 Å². The minimum Gasteiger partial charge on any atom is -0.481 e. The number of rotatable bonds is 5. The maximum atomic E-state index is 11.7. The molecule has 1 atom stereocenters. The summed E-state index contributed by atoms with van der Waals surface area (Å²) < 4.78 is 0.765. The van der Waals surface area contributed by atoms with E-state index in [1.165, 1.54) is 0 Å². The summed E-state index contributed by atoms with van der Waals surface area (Å²) in [4.78, 5) is 22.1. The lowest BCUT2D eigenvalue weighted by atomic mass is 10.1. The van der Waals surface area contributed by atoms with Crippen molar-refractivity contribution >= 4 is 45.1 Å². The van der Waals surface area contributed by atoms with E-state index in [0.717, 1.165) is 4.47 Å². The maximum absolute atomic E-state index is 11.7. The number of hydrogen-bond acceptors (Lipinski definition) is 3. The van der Waals surface area contributed by atoms with Crippen LogP contribution in [0.5, 0.6) is 0 Å². The van der Waals surface area contributed by atoms with Crippen LogP contribution in [0.2, 0.25) is 5.02 Å². The fourth-order valence-corrected chi connectivity index (χ4v) is 1.75. The fourth-order valence-electron chi connectivity index (χ4n) is 1.23. The molecule has 0 heterocycles. The smallest absolute Gasteiger partial charge is 0.303 e. The summed E-state index contributed by atoms with van der Waals surface area (Å²) >= 11 is 9.16. The predicted molar refractivity (Wildman–Crippen MR) is 72.6 cm³/mol. The van der Waals surface area contributed by atoms with Crippen LogP contribution in [0.4, 0.5) is 5.69 Å². The number of hydrogen-bond donors (Lipinski definition) is 3. The van der Waals surface area contributed by atoms with Crippen molar-refractivity contribution in [2.75, 3.05) is 5.32 Å². The molecule has 0 aliphatic rings. The molecule has 5 nitrogen and oxygen atoms in total. The summed E-state index contributed by atoms with van der Waals surface area (Å²) in [5.41, 5.74) is 6.00. The second-order valence-corrected chi connectivity index (χ2v) is 4.98. The maximum Gasteiger partial charge on any atom is 0.303 e. The molecule has 1 aromatic rings. The van der Waals surface area contributed by atoms with Crippen LogP contribution in [0.25, 0.3) is 0 Å². The van der Waals surface area contributed by atoms with Crippen LogP contribution in [-0.2, 0) is 9.59 Å². The standard InChI is InChI=1S/C11H12BrClN2O3/c12-6-1-2-7(13)9(5-6)15-11(18)8(14)3-4-10(16)17/h1-2,5,8H,3-4,14H2,(H,15,18)(H,16,17). The molecule has 0 spiro atoms. The molecule has 1 unspecified atom stereocenters. The lowest BCUT2D eigenvalue weighted by Gasteiger charge is -2.12. The van der Waals surface area contributed by atoms with Crippen LogP contribution in [0.15, 0.2) is 22.7 Å². The summed E-state index contributed by atoms with van der Waals surface area (Å²) in [6.07, 6.45) is -0.0758. The first-order chi connectivity index (χ1) is 8.40. The third-order valence-corrected chi connectivity index (χ3v) is 3.02. The van der Waals surface area contributed by atoms with Gasteiger partial charge in [-0.05, 0) is 24.6 Å². The molecule has 4 N–H and O–H groups in total. The molecule has 0 fully saturated rings. The predicted octanol–water partition coefficient (Wildman–Crippen LogP) is 2.23. The van der Waals surface area contributed by atoms with Gasteiger partial charge in [-0.3, -0.25) is 9.59 Å². The summed E-state index contributed by atoms with van der Waals surface area (Å²) in [6, 6.07) is 4.13. The fraction of sp³-hybridized carbons (Fsp3) is 0.273. The van der Waals surface area contributed by atoms with Gasteiger partial charge in [0, 0.05) is 10.9 Å². The Morgan fingerprint density at radius 2 is 2.17 bits per heavy atom. The minimum absolute atomic E-state index is 0.0762. The van der Waals surface area contributed by atoms with E-state index in [9.17, 15) is 9.59 Å². The van der Waals surface area contributed by atoms with Crippen LogP contribution in [0.1, 0.15) is 12.8 Å². The first kappa shape index (κ1) is 14.9. The average Bonchev–Trinajstić information content (AvgIpc) is 2.30. The van der Waals surface area contributed by atoms with Crippen LogP contribution < -0.4 is 11.1 Å². The molecule has 0 aliphatic heterocycles. The quantitative estimate of drug-likeness (QED) is 0.769. The van der Waals surface area contributed by atoms with Crippen LogP contribution in [0.3, 0.4) is 0 Å². The molecule has 0 radical (unpaired) electrons. The van der Waals surface area contributed by atoms with Gasteiger partial charge in [-0.15, -0.1) is 0 Å². The highest BCUT2D eigenvalue weighted by molar-refractivity contribution is 9.10. The van der Waals surface area contributed by atoms with E-state index in [1.54, 1.807) is 18.2 Å². The monoisotopic (exact) mass is 334 g/mol. The number of carboxylic acids is 1. The van der Waals surface area contributed by atoms with Gasteiger partial charge in [0.25, 0.3) is 0 Å². The molecule has 98 valence electrons. The van der Waals surface area contributed by atoms with Crippen LogP contribution in [-0.4, -0.2) is 23.0 Å². The number of halogens is 2. The molecule has 7 heteroatoms. The number of anilines is 1. The van der Waals surface area contributed by atoms with E-state index in [2.05, 4.69) is 21.2 Å². The average molecular weight is 336 g/mol. The van der Waals surface area contributed by atoms with Gasteiger partial charge < -0.3 is 16.2 Å². The lowest BCUT2D eigenvalue weighted by molar-refractivity contribution is -0.137. The van der Waals surface area contributed by atoms with Gasteiger partial charge in [0.15, 0.2) is 0 Å². The molecule has 1 aromatic carbocycles. The Morgan fingerprint density at radius 1 is 1.50 bits per heavy atom. The highest BCUT2D eigenvalue weighted by Crippen LogP contribution is 2.25. The second-order valence-electron chi connectivity index (χ2n) is 3.65. The van der Waals surface area contributed by atoms with Crippen molar-refractivity contribution < 1.29 is 14.7 Å². The molecule has 0 aliphatic carbocycles. The molecular formula is C11H12BrClN2O3. The van der Waals surface area contributed by atoms with E-state index in [-0.39, 0.29) is 12.8 Å².